The van der Waals surface area contributed by atoms with E-state index in [-0.39, 0.29) is 12.1 Å². The second kappa shape index (κ2) is 6.59. The molecule has 1 aromatic rings. The van der Waals surface area contributed by atoms with Crippen LogP contribution in [0.15, 0.2) is 30.3 Å². The molecule has 0 aliphatic carbocycles. The van der Waals surface area contributed by atoms with Gasteiger partial charge in [0.1, 0.15) is 0 Å². The highest BCUT2D eigenvalue weighted by Gasteiger charge is 2.36. The van der Waals surface area contributed by atoms with Crippen LogP contribution in [0, 0.1) is 0 Å². The Balaban J connectivity index is 2.04. The van der Waals surface area contributed by atoms with Crippen LogP contribution in [-0.4, -0.2) is 42.8 Å². The summed E-state index contributed by atoms with van der Waals surface area (Å²) < 4.78 is 38.2. The fourth-order valence-corrected chi connectivity index (χ4v) is 2.71. The standard InChI is InChI=1S/C15H21F3N2/c1-2-13-10-20(11-15(16,17)18)14(9-19-13)8-12-6-4-3-5-7-12/h3-7,13-14,19H,2,8-11H2,1H3. The summed E-state index contributed by atoms with van der Waals surface area (Å²) in [7, 11) is 0. The van der Waals surface area contributed by atoms with Gasteiger partial charge in [-0.1, -0.05) is 37.3 Å². The maximum Gasteiger partial charge on any atom is 0.401 e. The van der Waals surface area contributed by atoms with Crippen LogP contribution in [0.25, 0.3) is 0 Å². The molecule has 1 N–H and O–H groups in total. The van der Waals surface area contributed by atoms with Crippen LogP contribution in [-0.2, 0) is 6.42 Å². The number of alkyl halides is 3. The van der Waals surface area contributed by atoms with Gasteiger partial charge in [0.15, 0.2) is 0 Å². The van der Waals surface area contributed by atoms with Crippen LogP contribution in [0.2, 0.25) is 0 Å². The molecule has 2 rings (SSSR count). The molecule has 1 saturated heterocycles. The van der Waals surface area contributed by atoms with E-state index in [2.05, 4.69) is 5.32 Å². The highest BCUT2D eigenvalue weighted by Crippen LogP contribution is 2.22. The maximum atomic E-state index is 12.7. The van der Waals surface area contributed by atoms with E-state index >= 15 is 0 Å². The van der Waals surface area contributed by atoms with Gasteiger partial charge in [0.25, 0.3) is 0 Å². The van der Waals surface area contributed by atoms with E-state index in [9.17, 15) is 13.2 Å². The third-order valence-electron chi connectivity index (χ3n) is 3.80. The summed E-state index contributed by atoms with van der Waals surface area (Å²) in [5, 5.41) is 3.35. The minimum atomic E-state index is -4.13. The fraction of sp³-hybridized carbons (Fsp3) is 0.600. The van der Waals surface area contributed by atoms with Gasteiger partial charge in [-0.2, -0.15) is 13.2 Å². The summed E-state index contributed by atoms with van der Waals surface area (Å²) in [5.74, 6) is 0. The van der Waals surface area contributed by atoms with Gasteiger partial charge in [0, 0.05) is 25.2 Å². The van der Waals surface area contributed by atoms with Gasteiger partial charge in [0.05, 0.1) is 6.54 Å². The molecule has 2 unspecified atom stereocenters. The van der Waals surface area contributed by atoms with E-state index < -0.39 is 12.7 Å². The van der Waals surface area contributed by atoms with Crippen molar-refractivity contribution in [2.45, 2.75) is 38.0 Å². The molecule has 0 amide bonds. The molecule has 5 heteroatoms. The molecular weight excluding hydrogens is 265 g/mol. The predicted octanol–water partition coefficient (Wildman–Crippen LogP) is 2.84. The molecule has 112 valence electrons. The minimum Gasteiger partial charge on any atom is -0.311 e. The monoisotopic (exact) mass is 286 g/mol. The second-order valence-corrected chi connectivity index (χ2v) is 5.40. The van der Waals surface area contributed by atoms with E-state index in [1.807, 2.05) is 37.3 Å². The first-order valence-corrected chi connectivity index (χ1v) is 7.06. The van der Waals surface area contributed by atoms with E-state index in [0.29, 0.717) is 19.5 Å². The van der Waals surface area contributed by atoms with Gasteiger partial charge in [-0.05, 0) is 18.4 Å². The number of halogens is 3. The smallest absolute Gasteiger partial charge is 0.311 e. The Hall–Kier alpha value is -1.07. The van der Waals surface area contributed by atoms with Crippen LogP contribution < -0.4 is 5.32 Å². The van der Waals surface area contributed by atoms with Gasteiger partial charge in [-0.25, -0.2) is 0 Å². The van der Waals surface area contributed by atoms with Crippen molar-refractivity contribution < 1.29 is 13.2 Å². The number of nitrogens with zero attached hydrogens (tertiary/aromatic N) is 1. The van der Waals surface area contributed by atoms with Crippen molar-refractivity contribution in [1.82, 2.24) is 10.2 Å². The zero-order valence-electron chi connectivity index (χ0n) is 11.7. The number of hydrogen-bond acceptors (Lipinski definition) is 2. The Morgan fingerprint density at radius 3 is 2.55 bits per heavy atom. The average molecular weight is 286 g/mol. The summed E-state index contributed by atoms with van der Waals surface area (Å²) in [6.07, 6.45) is -2.63. The first-order valence-electron chi connectivity index (χ1n) is 7.06. The lowest BCUT2D eigenvalue weighted by molar-refractivity contribution is -0.154. The third-order valence-corrected chi connectivity index (χ3v) is 3.80. The lowest BCUT2D eigenvalue weighted by Gasteiger charge is -2.40. The first kappa shape index (κ1) is 15.3. The summed E-state index contributed by atoms with van der Waals surface area (Å²) in [6, 6.07) is 9.77. The molecule has 1 aliphatic rings. The van der Waals surface area contributed by atoms with Crippen molar-refractivity contribution in [3.8, 4) is 0 Å². The van der Waals surface area contributed by atoms with Crippen molar-refractivity contribution in [1.29, 1.82) is 0 Å². The largest absolute Gasteiger partial charge is 0.401 e. The van der Waals surface area contributed by atoms with Gasteiger partial charge in [-0.3, -0.25) is 4.90 Å². The highest BCUT2D eigenvalue weighted by molar-refractivity contribution is 5.16. The van der Waals surface area contributed by atoms with Crippen LogP contribution in [0.5, 0.6) is 0 Å². The summed E-state index contributed by atoms with van der Waals surface area (Å²) in [6.45, 7) is 2.26. The molecule has 0 saturated carbocycles. The van der Waals surface area contributed by atoms with Gasteiger partial charge >= 0.3 is 6.18 Å². The van der Waals surface area contributed by atoms with Gasteiger partial charge in [-0.15, -0.1) is 0 Å². The van der Waals surface area contributed by atoms with Crippen molar-refractivity contribution >= 4 is 0 Å². The topological polar surface area (TPSA) is 15.3 Å². The molecule has 1 aromatic carbocycles. The molecule has 1 heterocycles. The Morgan fingerprint density at radius 2 is 1.95 bits per heavy atom. The third kappa shape index (κ3) is 4.49. The molecular formula is C15H21F3N2. The quantitative estimate of drug-likeness (QED) is 0.915. The predicted molar refractivity (Wildman–Crippen MR) is 73.6 cm³/mol. The van der Waals surface area contributed by atoms with Crippen molar-refractivity contribution in [3.05, 3.63) is 35.9 Å². The van der Waals surface area contributed by atoms with Gasteiger partial charge in [0.2, 0.25) is 0 Å². The maximum absolute atomic E-state index is 12.7. The fourth-order valence-electron chi connectivity index (χ4n) is 2.71. The van der Waals surface area contributed by atoms with E-state index in [0.717, 1.165) is 12.0 Å². The molecule has 20 heavy (non-hydrogen) atoms. The van der Waals surface area contributed by atoms with Gasteiger partial charge < -0.3 is 5.32 Å². The van der Waals surface area contributed by atoms with E-state index in [1.54, 1.807) is 4.90 Å². The molecule has 2 nitrogen and oxygen atoms in total. The average Bonchev–Trinajstić information content (AvgIpc) is 2.40. The normalized spacial score (nSPS) is 24.8. The Bertz CT molecular complexity index is 405. The van der Waals surface area contributed by atoms with Crippen LogP contribution >= 0.6 is 0 Å². The van der Waals surface area contributed by atoms with Crippen LogP contribution in [0.4, 0.5) is 13.2 Å². The number of rotatable bonds is 4. The Morgan fingerprint density at radius 1 is 1.25 bits per heavy atom. The Labute approximate surface area is 118 Å². The second-order valence-electron chi connectivity index (χ2n) is 5.40. The lowest BCUT2D eigenvalue weighted by atomic mass is 10.00. The molecule has 2 atom stereocenters. The number of hydrogen-bond donors (Lipinski definition) is 1. The van der Waals surface area contributed by atoms with Crippen molar-refractivity contribution in [3.63, 3.8) is 0 Å². The summed E-state index contributed by atoms with van der Waals surface area (Å²) in [5.41, 5.74) is 1.08. The van der Waals surface area contributed by atoms with Crippen LogP contribution in [0.1, 0.15) is 18.9 Å². The molecule has 1 aliphatic heterocycles. The number of piperazine rings is 1. The van der Waals surface area contributed by atoms with E-state index in [1.165, 1.54) is 0 Å². The SMILES string of the molecule is CCC1CN(CC(F)(F)F)C(Cc2ccccc2)CN1. The Kier molecular flexibility index (Phi) is 5.05. The molecule has 1 fully saturated rings. The molecule has 0 aromatic heterocycles. The summed E-state index contributed by atoms with van der Waals surface area (Å²) in [4.78, 5) is 1.58. The van der Waals surface area contributed by atoms with Crippen molar-refractivity contribution in [2.75, 3.05) is 19.6 Å². The van der Waals surface area contributed by atoms with E-state index in [4.69, 9.17) is 0 Å². The zero-order valence-corrected chi connectivity index (χ0v) is 11.7. The molecule has 0 bridgehead atoms. The van der Waals surface area contributed by atoms with Crippen molar-refractivity contribution in [2.24, 2.45) is 0 Å². The summed E-state index contributed by atoms with van der Waals surface area (Å²) >= 11 is 0. The lowest BCUT2D eigenvalue weighted by Crippen LogP contribution is -2.58. The number of nitrogens with one attached hydrogen (secondary N) is 1. The highest BCUT2D eigenvalue weighted by atomic mass is 19.4. The number of benzene rings is 1. The first-order chi connectivity index (χ1) is 9.48. The zero-order chi connectivity index (χ0) is 14.6. The van der Waals surface area contributed by atoms with Crippen LogP contribution in [0.3, 0.4) is 0 Å². The molecule has 0 radical (unpaired) electrons. The minimum absolute atomic E-state index is 0.0955. The molecule has 0 spiro atoms.